The lowest BCUT2D eigenvalue weighted by Crippen LogP contribution is -2.01. The zero-order valence-electron chi connectivity index (χ0n) is 7.62. The van der Waals surface area contributed by atoms with Crippen LogP contribution in [-0.2, 0) is 0 Å². The van der Waals surface area contributed by atoms with E-state index < -0.39 is 0 Å². The third kappa shape index (κ3) is 1.54. The van der Waals surface area contributed by atoms with Crippen LogP contribution in [0.25, 0.3) is 5.82 Å². The molecule has 0 unspecified atom stereocenters. The Kier molecular flexibility index (Phi) is 2.14. The molecule has 0 fully saturated rings. The standard InChI is InChI=1S/C10H5N5/c11-6-8-5-9(7-12)15(14-8)10-3-1-2-4-13-10/h1-5H. The van der Waals surface area contributed by atoms with Crippen LogP contribution in [-0.4, -0.2) is 14.8 Å². The minimum atomic E-state index is 0.206. The Morgan fingerprint density at radius 1 is 1.20 bits per heavy atom. The van der Waals surface area contributed by atoms with E-state index in [-0.39, 0.29) is 5.69 Å². The van der Waals surface area contributed by atoms with E-state index in [0.29, 0.717) is 11.5 Å². The highest BCUT2D eigenvalue weighted by atomic mass is 15.3. The fourth-order valence-corrected chi connectivity index (χ4v) is 1.17. The average molecular weight is 195 g/mol. The predicted octanol–water partition coefficient (Wildman–Crippen LogP) is 1.01. The minimum absolute atomic E-state index is 0.206. The highest BCUT2D eigenvalue weighted by molar-refractivity contribution is 5.36. The molecule has 0 aromatic carbocycles. The molecule has 70 valence electrons. The molecule has 2 aromatic heterocycles. The molecule has 2 aromatic rings. The first-order valence-electron chi connectivity index (χ1n) is 4.17. The van der Waals surface area contributed by atoms with Gasteiger partial charge in [0.15, 0.2) is 11.5 Å². The van der Waals surface area contributed by atoms with Crippen molar-refractivity contribution in [1.29, 1.82) is 10.5 Å². The van der Waals surface area contributed by atoms with Crippen molar-refractivity contribution in [3.8, 4) is 18.0 Å². The van der Waals surface area contributed by atoms with Crippen LogP contribution >= 0.6 is 0 Å². The van der Waals surface area contributed by atoms with Gasteiger partial charge in [0, 0.05) is 12.3 Å². The van der Waals surface area contributed by atoms with Gasteiger partial charge < -0.3 is 0 Å². The van der Waals surface area contributed by atoms with Crippen molar-refractivity contribution < 1.29 is 0 Å². The summed E-state index contributed by atoms with van der Waals surface area (Å²) >= 11 is 0. The second-order valence-electron chi connectivity index (χ2n) is 2.74. The number of nitrogens with zero attached hydrogens (tertiary/aromatic N) is 5. The monoisotopic (exact) mass is 195 g/mol. The third-order valence-corrected chi connectivity index (χ3v) is 1.80. The summed E-state index contributed by atoms with van der Waals surface area (Å²) in [5.74, 6) is 0.524. The molecule has 0 aliphatic rings. The van der Waals surface area contributed by atoms with Crippen molar-refractivity contribution in [1.82, 2.24) is 14.8 Å². The van der Waals surface area contributed by atoms with Gasteiger partial charge in [-0.3, -0.25) is 0 Å². The lowest BCUT2D eigenvalue weighted by molar-refractivity contribution is 0.829. The van der Waals surface area contributed by atoms with Gasteiger partial charge in [-0.25, -0.2) is 9.67 Å². The Bertz CT molecular complexity index is 556. The van der Waals surface area contributed by atoms with E-state index in [2.05, 4.69) is 10.1 Å². The molecule has 0 amide bonds. The number of pyridine rings is 1. The first-order chi connectivity index (χ1) is 7.35. The van der Waals surface area contributed by atoms with E-state index in [4.69, 9.17) is 10.5 Å². The zero-order valence-corrected chi connectivity index (χ0v) is 7.62. The van der Waals surface area contributed by atoms with Crippen molar-refractivity contribution in [2.75, 3.05) is 0 Å². The van der Waals surface area contributed by atoms with Gasteiger partial charge in [-0.05, 0) is 12.1 Å². The second-order valence-corrected chi connectivity index (χ2v) is 2.74. The molecule has 5 nitrogen and oxygen atoms in total. The Hall–Kier alpha value is -2.66. The zero-order chi connectivity index (χ0) is 10.7. The van der Waals surface area contributed by atoms with Crippen LogP contribution in [0.1, 0.15) is 11.4 Å². The van der Waals surface area contributed by atoms with E-state index in [0.717, 1.165) is 0 Å². The highest BCUT2D eigenvalue weighted by Crippen LogP contribution is 2.08. The van der Waals surface area contributed by atoms with E-state index in [1.807, 2.05) is 12.1 Å². The SMILES string of the molecule is N#Cc1cc(C#N)n(-c2ccccn2)n1. The van der Waals surface area contributed by atoms with Gasteiger partial charge in [0.25, 0.3) is 0 Å². The lowest BCUT2D eigenvalue weighted by Gasteiger charge is -1.99. The summed E-state index contributed by atoms with van der Waals surface area (Å²) < 4.78 is 1.35. The van der Waals surface area contributed by atoms with Gasteiger partial charge in [0.1, 0.15) is 17.8 Å². The average Bonchev–Trinajstić information content (AvgIpc) is 2.73. The van der Waals surface area contributed by atoms with Crippen molar-refractivity contribution >= 4 is 0 Å². The summed E-state index contributed by atoms with van der Waals surface area (Å²) in [4.78, 5) is 4.05. The smallest absolute Gasteiger partial charge is 0.164 e. The van der Waals surface area contributed by atoms with Crippen LogP contribution in [0.2, 0.25) is 0 Å². The molecule has 0 aliphatic heterocycles. The first kappa shape index (κ1) is 8.92. The summed E-state index contributed by atoms with van der Waals surface area (Å²) in [7, 11) is 0. The summed E-state index contributed by atoms with van der Waals surface area (Å²) in [6.45, 7) is 0. The summed E-state index contributed by atoms with van der Waals surface area (Å²) in [5.41, 5.74) is 0.502. The Labute approximate surface area is 85.8 Å². The van der Waals surface area contributed by atoms with Gasteiger partial charge >= 0.3 is 0 Å². The van der Waals surface area contributed by atoms with Crippen molar-refractivity contribution in [3.05, 3.63) is 41.9 Å². The van der Waals surface area contributed by atoms with Crippen LogP contribution in [0.4, 0.5) is 0 Å². The largest absolute Gasteiger partial charge is 0.237 e. The summed E-state index contributed by atoms with van der Waals surface area (Å²) in [6.07, 6.45) is 1.60. The van der Waals surface area contributed by atoms with Crippen molar-refractivity contribution in [2.45, 2.75) is 0 Å². The molecule has 15 heavy (non-hydrogen) atoms. The number of aromatic nitrogens is 3. The normalized spacial score (nSPS) is 9.20. The molecule has 5 heteroatoms. The molecular weight excluding hydrogens is 190 g/mol. The second kappa shape index (κ2) is 3.60. The predicted molar refractivity (Wildman–Crippen MR) is 50.8 cm³/mol. The number of hydrogen-bond acceptors (Lipinski definition) is 4. The molecule has 2 rings (SSSR count). The quantitative estimate of drug-likeness (QED) is 0.680. The summed E-state index contributed by atoms with van der Waals surface area (Å²) in [5, 5.41) is 21.4. The molecule has 2 heterocycles. The van der Waals surface area contributed by atoms with Gasteiger partial charge in [-0.1, -0.05) is 6.07 Å². The highest BCUT2D eigenvalue weighted by Gasteiger charge is 2.08. The number of rotatable bonds is 1. The first-order valence-corrected chi connectivity index (χ1v) is 4.17. The molecule has 0 spiro atoms. The van der Waals surface area contributed by atoms with E-state index >= 15 is 0 Å². The molecule has 0 saturated heterocycles. The lowest BCUT2D eigenvalue weighted by atomic mass is 10.4. The molecule has 0 saturated carbocycles. The number of hydrogen-bond donors (Lipinski definition) is 0. The van der Waals surface area contributed by atoms with Crippen LogP contribution in [0.3, 0.4) is 0 Å². The maximum Gasteiger partial charge on any atom is 0.164 e. The Balaban J connectivity index is 2.60. The van der Waals surface area contributed by atoms with Crippen LogP contribution < -0.4 is 0 Å². The van der Waals surface area contributed by atoms with Gasteiger partial charge in [-0.2, -0.15) is 15.6 Å². The fourth-order valence-electron chi connectivity index (χ4n) is 1.17. The van der Waals surface area contributed by atoms with Crippen LogP contribution in [0.15, 0.2) is 30.5 Å². The topological polar surface area (TPSA) is 78.3 Å². The Morgan fingerprint density at radius 3 is 2.67 bits per heavy atom. The molecule has 0 bridgehead atoms. The molecule has 0 radical (unpaired) electrons. The molecule has 0 aliphatic carbocycles. The minimum Gasteiger partial charge on any atom is -0.237 e. The number of nitriles is 2. The van der Waals surface area contributed by atoms with Gasteiger partial charge in [-0.15, -0.1) is 0 Å². The molecule has 0 atom stereocenters. The van der Waals surface area contributed by atoms with Crippen LogP contribution in [0, 0.1) is 22.7 Å². The fraction of sp³-hybridized carbons (Fsp3) is 0. The molecular formula is C10H5N5. The van der Waals surface area contributed by atoms with Crippen molar-refractivity contribution in [3.63, 3.8) is 0 Å². The summed E-state index contributed by atoms with van der Waals surface area (Å²) in [6, 6.07) is 10.5. The third-order valence-electron chi connectivity index (χ3n) is 1.80. The van der Waals surface area contributed by atoms with Gasteiger partial charge in [0.05, 0.1) is 0 Å². The van der Waals surface area contributed by atoms with Crippen LogP contribution in [0.5, 0.6) is 0 Å². The van der Waals surface area contributed by atoms with E-state index in [1.165, 1.54) is 10.7 Å². The van der Waals surface area contributed by atoms with Gasteiger partial charge in [0.2, 0.25) is 0 Å². The van der Waals surface area contributed by atoms with E-state index in [9.17, 15) is 0 Å². The van der Waals surface area contributed by atoms with Crippen molar-refractivity contribution in [2.24, 2.45) is 0 Å². The maximum absolute atomic E-state index is 8.84. The maximum atomic E-state index is 8.84. The molecule has 0 N–H and O–H groups in total. The van der Waals surface area contributed by atoms with E-state index in [1.54, 1.807) is 24.4 Å². The Morgan fingerprint density at radius 2 is 2.07 bits per heavy atom.